The van der Waals surface area contributed by atoms with Gasteiger partial charge in [-0.3, -0.25) is 4.79 Å². The Morgan fingerprint density at radius 1 is 1.22 bits per heavy atom. The van der Waals surface area contributed by atoms with Crippen molar-refractivity contribution in [2.75, 3.05) is 19.6 Å². The van der Waals surface area contributed by atoms with E-state index in [-0.39, 0.29) is 11.9 Å². The largest absolute Gasteiger partial charge is 0.356 e. The normalized spacial score (nSPS) is 17.7. The lowest BCUT2D eigenvalue weighted by atomic mass is 9.98. The number of nitrogens with zero attached hydrogens (tertiary/aromatic N) is 1. The van der Waals surface area contributed by atoms with E-state index >= 15 is 0 Å². The maximum atomic E-state index is 12.3. The van der Waals surface area contributed by atoms with E-state index in [4.69, 9.17) is 0 Å². The van der Waals surface area contributed by atoms with E-state index in [1.165, 1.54) is 5.56 Å². The number of hydrogen-bond donors (Lipinski definition) is 2. The number of piperidine rings is 1. The van der Waals surface area contributed by atoms with Crippen molar-refractivity contribution in [2.45, 2.75) is 39.7 Å². The molecule has 0 aliphatic carbocycles. The van der Waals surface area contributed by atoms with E-state index in [9.17, 15) is 9.59 Å². The number of benzene rings is 1. The Morgan fingerprint density at radius 3 is 2.65 bits per heavy atom. The van der Waals surface area contributed by atoms with Crippen LogP contribution < -0.4 is 10.6 Å². The zero-order chi connectivity index (χ0) is 16.7. The molecule has 0 aromatic heterocycles. The molecule has 2 rings (SSSR count). The van der Waals surface area contributed by atoms with Gasteiger partial charge in [0, 0.05) is 32.6 Å². The molecule has 1 heterocycles. The summed E-state index contributed by atoms with van der Waals surface area (Å²) < 4.78 is 0. The van der Waals surface area contributed by atoms with Crippen molar-refractivity contribution in [3.8, 4) is 0 Å². The van der Waals surface area contributed by atoms with Crippen molar-refractivity contribution >= 4 is 11.9 Å². The van der Waals surface area contributed by atoms with Crippen LogP contribution in [0.5, 0.6) is 0 Å². The molecule has 5 nitrogen and oxygen atoms in total. The molecular formula is C18H27N3O2. The van der Waals surface area contributed by atoms with E-state index in [0.29, 0.717) is 32.0 Å². The number of hydrogen-bond acceptors (Lipinski definition) is 2. The minimum atomic E-state index is -0.0166. The number of rotatable bonds is 5. The summed E-state index contributed by atoms with van der Waals surface area (Å²) in [6.07, 6.45) is 2.56. The van der Waals surface area contributed by atoms with Gasteiger partial charge >= 0.3 is 6.03 Å². The number of amides is 3. The SMILES string of the molecule is CCC(=O)NC[C@H]1CCCN(C(=O)NCc2ccc(C)cc2)C1. The Kier molecular flexibility index (Phi) is 6.44. The first-order chi connectivity index (χ1) is 11.1. The number of nitrogens with one attached hydrogen (secondary N) is 2. The topological polar surface area (TPSA) is 61.4 Å². The average Bonchev–Trinajstić information content (AvgIpc) is 2.59. The molecule has 1 aliphatic rings. The molecule has 1 aromatic carbocycles. The van der Waals surface area contributed by atoms with Crippen LogP contribution in [-0.2, 0) is 11.3 Å². The predicted molar refractivity (Wildman–Crippen MR) is 91.0 cm³/mol. The molecule has 1 aliphatic heterocycles. The van der Waals surface area contributed by atoms with Gasteiger partial charge in [-0.2, -0.15) is 0 Å². The Bertz CT molecular complexity index is 528. The lowest BCUT2D eigenvalue weighted by Crippen LogP contribution is -2.47. The number of carbonyl (C=O) groups is 2. The average molecular weight is 317 g/mol. The molecule has 1 saturated heterocycles. The first-order valence-corrected chi connectivity index (χ1v) is 8.43. The maximum Gasteiger partial charge on any atom is 0.317 e. The molecule has 0 bridgehead atoms. The highest BCUT2D eigenvalue weighted by Crippen LogP contribution is 2.16. The van der Waals surface area contributed by atoms with Gasteiger partial charge in [0.05, 0.1) is 0 Å². The fourth-order valence-electron chi connectivity index (χ4n) is 2.79. The minimum Gasteiger partial charge on any atom is -0.356 e. The standard InChI is InChI=1S/C18H27N3O2/c1-3-17(22)19-12-16-5-4-10-21(13-16)18(23)20-11-15-8-6-14(2)7-9-15/h6-9,16H,3-5,10-13H2,1-2H3,(H,19,22)(H,20,23)/t16-/m1/s1. The van der Waals surface area contributed by atoms with Crippen LogP contribution in [0.15, 0.2) is 24.3 Å². The maximum absolute atomic E-state index is 12.3. The van der Waals surface area contributed by atoms with Crippen molar-refractivity contribution in [3.05, 3.63) is 35.4 Å². The van der Waals surface area contributed by atoms with E-state index in [2.05, 4.69) is 22.8 Å². The monoisotopic (exact) mass is 317 g/mol. The van der Waals surface area contributed by atoms with Crippen molar-refractivity contribution in [2.24, 2.45) is 5.92 Å². The highest BCUT2D eigenvalue weighted by Gasteiger charge is 2.23. The van der Waals surface area contributed by atoms with Gasteiger partial charge in [0.1, 0.15) is 0 Å². The second-order valence-corrected chi connectivity index (χ2v) is 6.26. The van der Waals surface area contributed by atoms with Crippen molar-refractivity contribution in [1.29, 1.82) is 0 Å². The Balaban J connectivity index is 1.77. The van der Waals surface area contributed by atoms with Crippen molar-refractivity contribution < 1.29 is 9.59 Å². The molecule has 0 spiro atoms. The highest BCUT2D eigenvalue weighted by molar-refractivity contribution is 5.75. The molecule has 5 heteroatoms. The number of aryl methyl sites for hydroxylation is 1. The van der Waals surface area contributed by atoms with E-state index in [1.54, 1.807) is 0 Å². The lowest BCUT2D eigenvalue weighted by Gasteiger charge is -2.32. The molecule has 1 atom stereocenters. The summed E-state index contributed by atoms with van der Waals surface area (Å²) in [5.74, 6) is 0.426. The third kappa shape index (κ3) is 5.58. The summed E-state index contributed by atoms with van der Waals surface area (Å²) in [5.41, 5.74) is 2.32. The van der Waals surface area contributed by atoms with Crippen LogP contribution in [0.1, 0.15) is 37.3 Å². The van der Waals surface area contributed by atoms with Gasteiger partial charge in [0.2, 0.25) is 5.91 Å². The van der Waals surface area contributed by atoms with Gasteiger partial charge in [-0.25, -0.2) is 4.79 Å². The third-order valence-corrected chi connectivity index (χ3v) is 4.28. The predicted octanol–water partition coefficient (Wildman–Crippen LogP) is 2.44. The minimum absolute atomic E-state index is 0.0166. The van der Waals surface area contributed by atoms with Crippen LogP contribution in [0.25, 0.3) is 0 Å². The summed E-state index contributed by atoms with van der Waals surface area (Å²) >= 11 is 0. The van der Waals surface area contributed by atoms with Gasteiger partial charge in [0.15, 0.2) is 0 Å². The fraction of sp³-hybridized carbons (Fsp3) is 0.556. The van der Waals surface area contributed by atoms with Crippen molar-refractivity contribution in [1.82, 2.24) is 15.5 Å². The number of carbonyl (C=O) groups excluding carboxylic acids is 2. The van der Waals surface area contributed by atoms with Crippen LogP contribution >= 0.6 is 0 Å². The zero-order valence-corrected chi connectivity index (χ0v) is 14.1. The summed E-state index contributed by atoms with van der Waals surface area (Å²) in [4.78, 5) is 25.5. The number of urea groups is 1. The Labute approximate surface area is 138 Å². The van der Waals surface area contributed by atoms with Gasteiger partial charge in [-0.15, -0.1) is 0 Å². The van der Waals surface area contributed by atoms with E-state index in [0.717, 1.165) is 24.9 Å². The first-order valence-electron chi connectivity index (χ1n) is 8.43. The number of likely N-dealkylation sites (tertiary alicyclic amines) is 1. The van der Waals surface area contributed by atoms with Gasteiger partial charge < -0.3 is 15.5 Å². The molecule has 1 fully saturated rings. The third-order valence-electron chi connectivity index (χ3n) is 4.28. The molecule has 0 saturated carbocycles. The molecule has 126 valence electrons. The van der Waals surface area contributed by atoms with Gasteiger partial charge in [0.25, 0.3) is 0 Å². The van der Waals surface area contributed by atoms with E-state index in [1.807, 2.05) is 30.9 Å². The summed E-state index contributed by atoms with van der Waals surface area (Å²) in [5, 5.41) is 5.91. The zero-order valence-electron chi connectivity index (χ0n) is 14.1. The highest BCUT2D eigenvalue weighted by atomic mass is 16.2. The van der Waals surface area contributed by atoms with Crippen LogP contribution in [0.3, 0.4) is 0 Å². The molecule has 2 N–H and O–H groups in total. The molecule has 0 radical (unpaired) electrons. The Morgan fingerprint density at radius 2 is 1.96 bits per heavy atom. The van der Waals surface area contributed by atoms with E-state index < -0.39 is 0 Å². The van der Waals surface area contributed by atoms with Crippen LogP contribution in [0.4, 0.5) is 4.79 Å². The molecule has 0 unspecified atom stereocenters. The van der Waals surface area contributed by atoms with Crippen LogP contribution in [-0.4, -0.2) is 36.5 Å². The van der Waals surface area contributed by atoms with Gasteiger partial charge in [-0.1, -0.05) is 36.8 Å². The molecule has 1 aromatic rings. The smallest absolute Gasteiger partial charge is 0.317 e. The van der Waals surface area contributed by atoms with Crippen LogP contribution in [0, 0.1) is 12.8 Å². The lowest BCUT2D eigenvalue weighted by molar-refractivity contribution is -0.121. The second-order valence-electron chi connectivity index (χ2n) is 6.26. The summed E-state index contributed by atoms with van der Waals surface area (Å²) in [6, 6.07) is 8.16. The summed E-state index contributed by atoms with van der Waals surface area (Å²) in [6.45, 7) is 6.61. The first kappa shape index (κ1) is 17.3. The molecule has 23 heavy (non-hydrogen) atoms. The molecular weight excluding hydrogens is 290 g/mol. The molecule has 3 amide bonds. The van der Waals surface area contributed by atoms with Crippen LogP contribution in [0.2, 0.25) is 0 Å². The van der Waals surface area contributed by atoms with Crippen molar-refractivity contribution in [3.63, 3.8) is 0 Å². The van der Waals surface area contributed by atoms with Gasteiger partial charge in [-0.05, 0) is 31.2 Å². The quantitative estimate of drug-likeness (QED) is 0.876. The Hall–Kier alpha value is -2.04. The summed E-state index contributed by atoms with van der Waals surface area (Å²) in [7, 11) is 0. The second kappa shape index (κ2) is 8.56. The fourth-order valence-corrected chi connectivity index (χ4v) is 2.79.